The molecule has 24 nitrogen and oxygen atoms in total. The van der Waals surface area contributed by atoms with Gasteiger partial charge in [0.05, 0.1) is 12.2 Å². The molecular formula is C56H72N8O16. The Morgan fingerprint density at radius 2 is 1.10 bits per heavy atom. The first-order valence-electron chi connectivity index (χ1n) is 25.8. The lowest BCUT2D eigenvalue weighted by molar-refractivity contribution is -0.134. The van der Waals surface area contributed by atoms with Crippen LogP contribution in [0.5, 0.6) is 11.5 Å². The molecule has 5 rings (SSSR count). The largest absolute Gasteiger partial charge is 0.508 e. The molecule has 1 heterocycles. The van der Waals surface area contributed by atoms with Crippen LogP contribution in [0.3, 0.4) is 0 Å². The van der Waals surface area contributed by atoms with Gasteiger partial charge >= 0.3 is 24.4 Å². The van der Waals surface area contributed by atoms with E-state index in [1.807, 2.05) is 0 Å². The summed E-state index contributed by atoms with van der Waals surface area (Å²) in [6.45, 7) is 8.22. The van der Waals surface area contributed by atoms with Crippen LogP contribution in [0.4, 0.5) is 19.2 Å². The molecule has 4 aromatic carbocycles. The molecule has 0 saturated heterocycles. The Kier molecular flexibility index (Phi) is 22.8. The van der Waals surface area contributed by atoms with E-state index in [1.165, 1.54) is 30.3 Å². The van der Waals surface area contributed by atoms with Crippen LogP contribution in [0.25, 0.3) is 11.1 Å². The summed E-state index contributed by atoms with van der Waals surface area (Å²) in [5, 5.41) is 64.9. The Bertz CT molecular complexity index is 2770. The third kappa shape index (κ3) is 21.6. The van der Waals surface area contributed by atoms with Gasteiger partial charge in [-0.1, -0.05) is 72.8 Å². The lowest BCUT2D eigenvalue weighted by Gasteiger charge is -2.28. The van der Waals surface area contributed by atoms with Crippen molar-refractivity contribution in [3.63, 3.8) is 0 Å². The summed E-state index contributed by atoms with van der Waals surface area (Å²) in [4.78, 5) is 109. The van der Waals surface area contributed by atoms with E-state index < -0.39 is 128 Å². The Morgan fingerprint density at radius 1 is 0.600 bits per heavy atom. The van der Waals surface area contributed by atoms with Crippen LogP contribution in [0, 0.1) is 0 Å². The maximum atomic E-state index is 14.8. The molecule has 8 amide bonds. The van der Waals surface area contributed by atoms with Crippen molar-refractivity contribution in [3.8, 4) is 22.6 Å². The highest BCUT2D eigenvalue weighted by Gasteiger charge is 2.35. The van der Waals surface area contributed by atoms with Crippen molar-refractivity contribution < 1.29 is 77.7 Å². The number of carbonyl (C=O) groups is 8. The summed E-state index contributed by atoms with van der Waals surface area (Å²) >= 11 is 0. The maximum Gasteiger partial charge on any atom is 0.408 e. The van der Waals surface area contributed by atoms with E-state index in [9.17, 15) is 58.8 Å². The fourth-order valence-electron chi connectivity index (χ4n) is 7.89. The SMILES string of the molecule is CC(C)(C)OC(=O)NC[C@H](O)C[C@@H]1NC(=O)[C@@H](NC(=O)OC(C)(C)C)Cc2cc(ccc2O)-c2ccc(O)c(c2)C[C@@H](C(=O)N[C@@H](C[C@@H](O)CNC(=O)OCc2ccccc2)C(=O)NCCNC(=O)OCc2ccccc2)NC1=O. The first-order chi connectivity index (χ1) is 37.8. The molecule has 4 aromatic rings. The van der Waals surface area contributed by atoms with Gasteiger partial charge in [-0.15, -0.1) is 0 Å². The number of ether oxygens (including phenoxy) is 4. The zero-order valence-corrected chi connectivity index (χ0v) is 45.5. The molecule has 1 aliphatic heterocycles. The normalized spacial score (nSPS) is 16.7. The molecule has 1 aliphatic rings. The van der Waals surface area contributed by atoms with Gasteiger partial charge in [0.1, 0.15) is 60.1 Å². The highest BCUT2D eigenvalue weighted by molar-refractivity contribution is 5.96. The minimum atomic E-state index is -1.76. The quantitative estimate of drug-likeness (QED) is 0.0474. The van der Waals surface area contributed by atoms with Crippen LogP contribution < -0.4 is 42.5 Å². The molecule has 6 atom stereocenters. The number of aliphatic hydroxyl groups excluding tert-OH is 2. The fraction of sp³-hybridized carbons (Fsp3) is 0.429. The Hall–Kier alpha value is -8.64. The Balaban J connectivity index is 1.46. The molecule has 0 spiro atoms. The Labute approximate surface area is 463 Å². The molecule has 432 valence electrons. The summed E-state index contributed by atoms with van der Waals surface area (Å²) in [5.74, 6) is -4.66. The van der Waals surface area contributed by atoms with Crippen molar-refractivity contribution in [1.29, 1.82) is 0 Å². The first kappa shape index (κ1) is 62.2. The number of carbonyl (C=O) groups excluding carboxylic acids is 8. The fourth-order valence-corrected chi connectivity index (χ4v) is 7.89. The topological polar surface area (TPSA) is 351 Å². The smallest absolute Gasteiger partial charge is 0.408 e. The second-order valence-corrected chi connectivity index (χ2v) is 20.9. The van der Waals surface area contributed by atoms with E-state index >= 15 is 0 Å². The van der Waals surface area contributed by atoms with Crippen LogP contribution >= 0.6 is 0 Å². The average molecular weight is 1110 g/mol. The van der Waals surface area contributed by atoms with Crippen molar-refractivity contribution in [1.82, 2.24) is 42.5 Å². The standard InChI is InChI=1S/C56H72N8O16/c1-55(2,3)79-53(75)60-30-40(66)28-44-50(72)61-41(25-37-23-35(17-19-45(37)67)36-18-20-46(68)38(24-36)26-42(49(71)63-44)64-54(76)80-56(4,5)6)48(70)62-43(27-39(65)29-59-52(74)78-32-34-15-11-8-12-16-34)47(69)57-21-22-58-51(73)77-31-33-13-9-7-10-14-33/h7-20,23-24,39-44,65-68H,21-22,25-32H2,1-6H3,(H,57,69)(H,58,73)(H,59,74)(H,60,75)(H,61,72)(H,62,70)(H,63,71)(H,64,76)/t39-,40-,41+,42+,43+,44+/m1/s1. The average Bonchev–Trinajstić information content (AvgIpc) is 3.41. The number of aromatic hydroxyl groups is 2. The number of fused-ring (bicyclic) bond motifs is 5. The molecule has 12 N–H and O–H groups in total. The molecule has 0 radical (unpaired) electrons. The van der Waals surface area contributed by atoms with Crippen molar-refractivity contribution in [3.05, 3.63) is 119 Å². The third-order valence-corrected chi connectivity index (χ3v) is 11.7. The van der Waals surface area contributed by atoms with E-state index in [0.29, 0.717) is 16.7 Å². The molecule has 0 fully saturated rings. The van der Waals surface area contributed by atoms with Crippen molar-refractivity contribution in [2.45, 2.75) is 128 Å². The molecule has 0 unspecified atom stereocenters. The molecule has 4 bridgehead atoms. The van der Waals surface area contributed by atoms with Gasteiger partial charge in [-0.2, -0.15) is 0 Å². The van der Waals surface area contributed by atoms with Crippen LogP contribution in [0.1, 0.15) is 76.6 Å². The summed E-state index contributed by atoms with van der Waals surface area (Å²) in [6.07, 6.45) is -8.76. The second kappa shape index (κ2) is 29.4. The van der Waals surface area contributed by atoms with Gasteiger partial charge in [0.25, 0.3) is 0 Å². The van der Waals surface area contributed by atoms with Crippen LogP contribution in [-0.2, 0) is 64.2 Å². The van der Waals surface area contributed by atoms with Crippen molar-refractivity contribution in [2.75, 3.05) is 26.2 Å². The first-order valence-corrected chi connectivity index (χ1v) is 25.8. The van der Waals surface area contributed by atoms with Gasteiger partial charge in [-0.3, -0.25) is 19.2 Å². The number of phenolic OH excluding ortho intramolecular Hbond substituents is 2. The molecule has 0 saturated carbocycles. The summed E-state index contributed by atoms with van der Waals surface area (Å²) < 4.78 is 21.2. The van der Waals surface area contributed by atoms with E-state index in [0.717, 1.165) is 5.56 Å². The number of rotatable bonds is 19. The number of amides is 8. The number of hydrogen-bond acceptors (Lipinski definition) is 16. The minimum absolute atomic E-state index is 0.0266. The van der Waals surface area contributed by atoms with Gasteiger partial charge in [0.15, 0.2) is 0 Å². The zero-order chi connectivity index (χ0) is 58.6. The van der Waals surface area contributed by atoms with E-state index in [4.69, 9.17) is 18.9 Å². The summed E-state index contributed by atoms with van der Waals surface area (Å²) in [5.41, 5.74) is 0.622. The monoisotopic (exact) mass is 1110 g/mol. The van der Waals surface area contributed by atoms with Gasteiger partial charge in [-0.25, -0.2) is 19.2 Å². The van der Waals surface area contributed by atoms with Gasteiger partial charge in [0, 0.05) is 51.9 Å². The number of hydrogen-bond donors (Lipinski definition) is 12. The Morgan fingerprint density at radius 3 is 1.66 bits per heavy atom. The van der Waals surface area contributed by atoms with Gasteiger partial charge < -0.3 is 81.9 Å². The molecular weight excluding hydrogens is 1040 g/mol. The van der Waals surface area contributed by atoms with E-state index in [-0.39, 0.29) is 55.4 Å². The maximum absolute atomic E-state index is 14.8. The number of alkyl carbamates (subject to hydrolysis) is 4. The number of aliphatic hydroxyl groups is 2. The number of benzene rings is 4. The molecule has 0 aromatic heterocycles. The summed E-state index contributed by atoms with van der Waals surface area (Å²) in [6, 6.07) is 19.8. The lowest BCUT2D eigenvalue weighted by Crippen LogP contribution is -2.60. The molecule has 24 heteroatoms. The van der Waals surface area contributed by atoms with E-state index in [2.05, 4.69) is 42.5 Å². The van der Waals surface area contributed by atoms with Crippen LogP contribution in [0.15, 0.2) is 97.1 Å². The van der Waals surface area contributed by atoms with Crippen molar-refractivity contribution >= 4 is 48.0 Å². The van der Waals surface area contributed by atoms with Gasteiger partial charge in [-0.05, 0) is 99.2 Å². The summed E-state index contributed by atoms with van der Waals surface area (Å²) in [7, 11) is 0. The second-order valence-electron chi connectivity index (χ2n) is 20.9. The third-order valence-electron chi connectivity index (χ3n) is 11.7. The number of phenols is 2. The number of nitrogens with one attached hydrogen (secondary N) is 8. The minimum Gasteiger partial charge on any atom is -0.508 e. The van der Waals surface area contributed by atoms with Crippen LogP contribution in [0.2, 0.25) is 0 Å². The van der Waals surface area contributed by atoms with Gasteiger partial charge in [0.2, 0.25) is 23.6 Å². The molecule has 80 heavy (non-hydrogen) atoms. The predicted octanol–water partition coefficient (Wildman–Crippen LogP) is 3.21. The highest BCUT2D eigenvalue weighted by Crippen LogP contribution is 2.31. The van der Waals surface area contributed by atoms with Crippen molar-refractivity contribution in [2.24, 2.45) is 0 Å². The lowest BCUT2D eigenvalue weighted by atomic mass is 9.95. The van der Waals surface area contributed by atoms with E-state index in [1.54, 1.807) is 108 Å². The zero-order valence-electron chi connectivity index (χ0n) is 45.5. The molecule has 0 aliphatic carbocycles. The predicted molar refractivity (Wildman–Crippen MR) is 289 cm³/mol. The highest BCUT2D eigenvalue weighted by atomic mass is 16.6. The van der Waals surface area contributed by atoms with Crippen LogP contribution in [-0.4, -0.2) is 142 Å².